The second kappa shape index (κ2) is 8.25. The van der Waals surface area contributed by atoms with Crippen molar-refractivity contribution in [3.63, 3.8) is 0 Å². The fourth-order valence-corrected chi connectivity index (χ4v) is 2.73. The number of hydrogen-bond acceptors (Lipinski definition) is 3. The van der Waals surface area contributed by atoms with Crippen molar-refractivity contribution in [3.05, 3.63) is 0 Å². The van der Waals surface area contributed by atoms with Gasteiger partial charge in [-0.05, 0) is 40.0 Å². The van der Waals surface area contributed by atoms with E-state index in [1.54, 1.807) is 0 Å². The molecule has 1 atom stereocenters. The van der Waals surface area contributed by atoms with Crippen LogP contribution in [0.4, 0.5) is 4.79 Å². The van der Waals surface area contributed by atoms with Gasteiger partial charge in [-0.3, -0.25) is 4.79 Å². The van der Waals surface area contributed by atoms with E-state index < -0.39 is 17.7 Å². The van der Waals surface area contributed by atoms with Crippen molar-refractivity contribution in [1.29, 1.82) is 0 Å². The Morgan fingerprint density at radius 3 is 2.33 bits per heavy atom. The number of ether oxygens (including phenoxy) is 1. The summed E-state index contributed by atoms with van der Waals surface area (Å²) in [5.41, 5.74) is -0.555. The van der Waals surface area contributed by atoms with Crippen molar-refractivity contribution in [3.8, 4) is 0 Å². The van der Waals surface area contributed by atoms with Gasteiger partial charge in [0.05, 0.1) is 0 Å². The number of carbonyl (C=O) groups excluding carboxylic acids is 2. The molecule has 0 saturated heterocycles. The Morgan fingerprint density at radius 1 is 1.19 bits per heavy atom. The van der Waals surface area contributed by atoms with Crippen LogP contribution in [-0.2, 0) is 9.53 Å². The molecule has 5 heteroatoms. The molecule has 2 N–H and O–H groups in total. The molecule has 0 bridgehead atoms. The van der Waals surface area contributed by atoms with Gasteiger partial charge in [0.2, 0.25) is 5.91 Å². The highest BCUT2D eigenvalue weighted by molar-refractivity contribution is 5.85. The molecule has 21 heavy (non-hydrogen) atoms. The molecule has 0 aromatic carbocycles. The maximum absolute atomic E-state index is 12.1. The highest BCUT2D eigenvalue weighted by Gasteiger charge is 2.27. The highest BCUT2D eigenvalue weighted by atomic mass is 16.6. The molecule has 122 valence electrons. The summed E-state index contributed by atoms with van der Waals surface area (Å²) in [6.45, 7) is 7.89. The second-order valence-corrected chi connectivity index (χ2v) is 6.83. The van der Waals surface area contributed by atoms with Gasteiger partial charge in [0, 0.05) is 6.54 Å². The lowest BCUT2D eigenvalue weighted by molar-refractivity contribution is -0.123. The molecule has 0 aliphatic heterocycles. The van der Waals surface area contributed by atoms with Gasteiger partial charge in [-0.2, -0.15) is 0 Å². The molecule has 5 nitrogen and oxygen atoms in total. The van der Waals surface area contributed by atoms with Crippen molar-refractivity contribution in [2.45, 2.75) is 77.9 Å². The molecule has 0 spiro atoms. The Balaban J connectivity index is 2.58. The molecule has 2 amide bonds. The van der Waals surface area contributed by atoms with Gasteiger partial charge in [0.25, 0.3) is 0 Å². The molecule has 1 aliphatic rings. The maximum Gasteiger partial charge on any atom is 0.408 e. The fourth-order valence-electron chi connectivity index (χ4n) is 2.73. The zero-order chi connectivity index (χ0) is 15.9. The summed E-state index contributed by atoms with van der Waals surface area (Å²) in [6, 6.07) is -0.497. The number of amides is 2. The maximum atomic E-state index is 12.1. The van der Waals surface area contributed by atoms with E-state index >= 15 is 0 Å². The number of alkyl carbamates (subject to hydrolysis) is 1. The van der Waals surface area contributed by atoms with Crippen LogP contribution < -0.4 is 10.6 Å². The van der Waals surface area contributed by atoms with Gasteiger partial charge < -0.3 is 15.4 Å². The van der Waals surface area contributed by atoms with Crippen LogP contribution in [0.1, 0.15) is 66.2 Å². The van der Waals surface area contributed by atoms with Gasteiger partial charge in [0.15, 0.2) is 0 Å². The Labute approximate surface area is 128 Å². The van der Waals surface area contributed by atoms with Crippen molar-refractivity contribution in [2.24, 2.45) is 5.92 Å². The molecule has 0 radical (unpaired) electrons. The van der Waals surface area contributed by atoms with E-state index in [1.807, 2.05) is 27.7 Å². The number of likely N-dealkylation sites (N-methyl/N-ethyl adjacent to an activating group) is 1. The van der Waals surface area contributed by atoms with E-state index in [9.17, 15) is 9.59 Å². The van der Waals surface area contributed by atoms with Gasteiger partial charge in [-0.25, -0.2) is 4.79 Å². The minimum atomic E-state index is -0.555. The van der Waals surface area contributed by atoms with Crippen LogP contribution in [0.15, 0.2) is 0 Å². The van der Waals surface area contributed by atoms with Gasteiger partial charge in [0.1, 0.15) is 11.6 Å². The first kappa shape index (κ1) is 17.8. The van der Waals surface area contributed by atoms with E-state index in [-0.39, 0.29) is 5.91 Å². The van der Waals surface area contributed by atoms with Crippen LogP contribution in [0, 0.1) is 5.92 Å². The average Bonchev–Trinajstić information content (AvgIpc) is 2.37. The Bertz CT molecular complexity index is 344. The third-order valence-electron chi connectivity index (χ3n) is 3.65. The zero-order valence-corrected chi connectivity index (χ0v) is 13.8. The Morgan fingerprint density at radius 2 is 1.81 bits per heavy atom. The molecule has 1 saturated carbocycles. The quantitative estimate of drug-likeness (QED) is 0.820. The van der Waals surface area contributed by atoms with E-state index in [4.69, 9.17) is 4.74 Å². The molecule has 0 heterocycles. The average molecular weight is 298 g/mol. The third kappa shape index (κ3) is 7.34. The summed E-state index contributed by atoms with van der Waals surface area (Å²) in [5.74, 6) is 0.398. The summed E-state index contributed by atoms with van der Waals surface area (Å²) >= 11 is 0. The molecule has 1 rings (SSSR count). The minimum Gasteiger partial charge on any atom is -0.444 e. The smallest absolute Gasteiger partial charge is 0.408 e. The van der Waals surface area contributed by atoms with E-state index in [0.717, 1.165) is 12.8 Å². The van der Waals surface area contributed by atoms with Crippen LogP contribution in [0.2, 0.25) is 0 Å². The zero-order valence-electron chi connectivity index (χ0n) is 13.8. The predicted octanol–water partition coefficient (Wildman–Crippen LogP) is 2.99. The summed E-state index contributed by atoms with van der Waals surface area (Å²) in [5, 5.41) is 5.53. The van der Waals surface area contributed by atoms with Gasteiger partial charge >= 0.3 is 6.09 Å². The third-order valence-corrected chi connectivity index (χ3v) is 3.65. The summed E-state index contributed by atoms with van der Waals surface area (Å²) in [6.07, 6.45) is 6.19. The van der Waals surface area contributed by atoms with Gasteiger partial charge in [-0.15, -0.1) is 0 Å². The van der Waals surface area contributed by atoms with Crippen molar-refractivity contribution in [1.82, 2.24) is 10.6 Å². The minimum absolute atomic E-state index is 0.117. The number of hydrogen-bond donors (Lipinski definition) is 2. The monoisotopic (exact) mass is 298 g/mol. The molecular formula is C16H30N2O3. The van der Waals surface area contributed by atoms with Crippen LogP contribution in [0.3, 0.4) is 0 Å². The summed E-state index contributed by atoms with van der Waals surface area (Å²) < 4.78 is 5.26. The summed E-state index contributed by atoms with van der Waals surface area (Å²) in [4.78, 5) is 24.0. The topological polar surface area (TPSA) is 67.4 Å². The molecule has 0 unspecified atom stereocenters. The standard InChI is InChI=1S/C16H30N2O3/c1-5-17-14(19)13(11-12-9-7-6-8-10-12)18-15(20)21-16(2,3)4/h12-13H,5-11H2,1-4H3,(H,17,19)(H,18,20)/t13-/m0/s1. The SMILES string of the molecule is CCNC(=O)[C@H](CC1CCCCC1)NC(=O)OC(C)(C)C. The largest absolute Gasteiger partial charge is 0.444 e. The normalized spacial score (nSPS) is 17.9. The highest BCUT2D eigenvalue weighted by Crippen LogP contribution is 2.27. The lowest BCUT2D eigenvalue weighted by Crippen LogP contribution is -2.49. The predicted molar refractivity (Wildman–Crippen MR) is 83.0 cm³/mol. The van der Waals surface area contributed by atoms with E-state index in [1.165, 1.54) is 19.3 Å². The van der Waals surface area contributed by atoms with Crippen LogP contribution >= 0.6 is 0 Å². The van der Waals surface area contributed by atoms with Crippen molar-refractivity contribution >= 4 is 12.0 Å². The Hall–Kier alpha value is -1.26. The van der Waals surface area contributed by atoms with E-state index in [0.29, 0.717) is 18.9 Å². The fraction of sp³-hybridized carbons (Fsp3) is 0.875. The van der Waals surface area contributed by atoms with Crippen LogP contribution in [-0.4, -0.2) is 30.2 Å². The number of nitrogens with one attached hydrogen (secondary N) is 2. The first-order valence-corrected chi connectivity index (χ1v) is 8.09. The Kier molecular flexibility index (Phi) is 6.99. The van der Waals surface area contributed by atoms with Crippen LogP contribution in [0.25, 0.3) is 0 Å². The van der Waals surface area contributed by atoms with Crippen LogP contribution in [0.5, 0.6) is 0 Å². The molecule has 0 aromatic heterocycles. The lowest BCUT2D eigenvalue weighted by Gasteiger charge is -2.27. The first-order valence-electron chi connectivity index (χ1n) is 8.09. The molecule has 1 fully saturated rings. The van der Waals surface area contributed by atoms with Gasteiger partial charge in [-0.1, -0.05) is 32.1 Å². The summed E-state index contributed by atoms with van der Waals surface area (Å²) in [7, 11) is 0. The molecule has 0 aromatic rings. The lowest BCUT2D eigenvalue weighted by atomic mass is 9.84. The molecular weight excluding hydrogens is 268 g/mol. The first-order chi connectivity index (χ1) is 9.81. The molecule has 1 aliphatic carbocycles. The number of carbonyl (C=O) groups is 2. The van der Waals surface area contributed by atoms with Crippen molar-refractivity contribution < 1.29 is 14.3 Å². The van der Waals surface area contributed by atoms with E-state index in [2.05, 4.69) is 10.6 Å². The van der Waals surface area contributed by atoms with Crippen molar-refractivity contribution in [2.75, 3.05) is 6.54 Å². The number of rotatable bonds is 5. The second-order valence-electron chi connectivity index (χ2n) is 6.83.